The molecule has 0 unspecified atom stereocenters. The molecule has 2 aromatic rings. The van der Waals surface area contributed by atoms with Crippen molar-refractivity contribution in [3.05, 3.63) is 80.3 Å². The van der Waals surface area contributed by atoms with Gasteiger partial charge in [0.1, 0.15) is 0 Å². The topological polar surface area (TPSA) is 54.4 Å². The Morgan fingerprint density at radius 2 is 1.48 bits per heavy atom. The Hall–Kier alpha value is -2.17. The number of hydrogen-bond donors (Lipinski definition) is 1. The highest BCUT2D eigenvalue weighted by Gasteiger charge is 2.31. The minimum Gasteiger partial charge on any atom is -0.391 e. The van der Waals surface area contributed by atoms with Crippen LogP contribution in [0.4, 0.5) is 0 Å². The van der Waals surface area contributed by atoms with Crippen LogP contribution in [0.15, 0.2) is 46.9 Å². The van der Waals surface area contributed by atoms with Crippen LogP contribution in [-0.2, 0) is 5.75 Å². The maximum Gasteiger partial charge on any atom is 0.200 e. The number of carbonyl (C=O) groups excluding carboxylic acids is 2. The number of Topliss-reactive ketones (excluding diaryl/α,β-unsaturated/α-hetero) is 2. The number of fused-ring (bicyclic) bond motifs is 1. The smallest absolute Gasteiger partial charge is 0.200 e. The van der Waals surface area contributed by atoms with Crippen LogP contribution < -0.4 is 0 Å². The molecule has 0 radical (unpaired) electrons. The highest BCUT2D eigenvalue weighted by molar-refractivity contribution is 8.03. The van der Waals surface area contributed by atoms with Gasteiger partial charge in [-0.3, -0.25) is 9.59 Å². The van der Waals surface area contributed by atoms with Crippen LogP contribution in [0.2, 0.25) is 0 Å². The van der Waals surface area contributed by atoms with Gasteiger partial charge in [0, 0.05) is 22.5 Å². The first kappa shape index (κ1) is 17.6. The largest absolute Gasteiger partial charge is 0.391 e. The Kier molecular flexibility index (Phi) is 4.93. The van der Waals surface area contributed by atoms with E-state index >= 15 is 0 Å². The molecule has 0 aromatic heterocycles. The summed E-state index contributed by atoms with van der Waals surface area (Å²) in [5.74, 6) is 0.169. The van der Waals surface area contributed by atoms with E-state index in [0.717, 1.165) is 0 Å². The second kappa shape index (κ2) is 6.98. The van der Waals surface area contributed by atoms with Crippen LogP contribution in [-0.4, -0.2) is 23.3 Å². The number of hydrogen-bond acceptors (Lipinski definition) is 4. The zero-order chi connectivity index (χ0) is 18.1. The zero-order valence-corrected chi connectivity index (χ0v) is 15.4. The van der Waals surface area contributed by atoms with E-state index in [1.807, 2.05) is 0 Å². The van der Waals surface area contributed by atoms with Crippen molar-refractivity contribution < 1.29 is 14.7 Å². The van der Waals surface area contributed by atoms with Gasteiger partial charge < -0.3 is 5.11 Å². The van der Waals surface area contributed by atoms with Gasteiger partial charge in [-0.2, -0.15) is 0 Å². The fourth-order valence-corrected chi connectivity index (χ4v) is 4.60. The SMILES string of the molecule is Cc1cc(C)c(CSC2=C(CO)C(=O)c3ccccc3C2=O)c(C)c1. The van der Waals surface area contributed by atoms with Gasteiger partial charge in [0.15, 0.2) is 5.78 Å². The van der Waals surface area contributed by atoms with Gasteiger partial charge >= 0.3 is 0 Å². The third kappa shape index (κ3) is 3.20. The molecule has 0 aliphatic heterocycles. The number of benzene rings is 2. The number of aliphatic hydroxyl groups excluding tert-OH is 1. The van der Waals surface area contributed by atoms with E-state index in [1.165, 1.54) is 34.0 Å². The van der Waals surface area contributed by atoms with Gasteiger partial charge in [0.25, 0.3) is 0 Å². The first-order chi connectivity index (χ1) is 11.9. The van der Waals surface area contributed by atoms with E-state index < -0.39 is 6.61 Å². The van der Waals surface area contributed by atoms with Gasteiger partial charge in [-0.25, -0.2) is 0 Å². The minimum absolute atomic E-state index is 0.174. The molecule has 4 heteroatoms. The molecule has 0 bridgehead atoms. The predicted octanol–water partition coefficient (Wildman–Crippen LogP) is 4.17. The van der Waals surface area contributed by atoms with Crippen LogP contribution in [0.1, 0.15) is 43.0 Å². The lowest BCUT2D eigenvalue weighted by Crippen LogP contribution is -2.22. The average Bonchev–Trinajstić information content (AvgIpc) is 2.58. The summed E-state index contributed by atoms with van der Waals surface area (Å²) >= 11 is 1.34. The Labute approximate surface area is 151 Å². The average molecular weight is 352 g/mol. The van der Waals surface area contributed by atoms with E-state index in [4.69, 9.17) is 0 Å². The summed E-state index contributed by atoms with van der Waals surface area (Å²) in [5, 5.41) is 9.67. The Morgan fingerprint density at radius 1 is 0.920 bits per heavy atom. The van der Waals surface area contributed by atoms with Crippen LogP contribution in [0, 0.1) is 20.8 Å². The van der Waals surface area contributed by atoms with E-state index in [1.54, 1.807) is 24.3 Å². The summed E-state index contributed by atoms with van der Waals surface area (Å²) in [6.07, 6.45) is 0. The highest BCUT2D eigenvalue weighted by Crippen LogP contribution is 2.35. The molecule has 1 aliphatic rings. The molecule has 1 aliphatic carbocycles. The summed E-state index contributed by atoms with van der Waals surface area (Å²) < 4.78 is 0. The van der Waals surface area contributed by atoms with Crippen molar-refractivity contribution in [2.24, 2.45) is 0 Å². The molecule has 0 fully saturated rings. The molecule has 0 saturated heterocycles. The Balaban J connectivity index is 1.96. The van der Waals surface area contributed by atoms with Gasteiger partial charge in [0.2, 0.25) is 5.78 Å². The third-order valence-corrected chi connectivity index (χ3v) is 5.68. The lowest BCUT2D eigenvalue weighted by Gasteiger charge is -2.20. The minimum atomic E-state index is -0.424. The number of ketones is 2. The standard InChI is InChI=1S/C21H20O3S/c1-12-8-13(2)18(14(3)9-12)11-25-21-17(10-22)19(23)15-6-4-5-7-16(15)20(21)24/h4-9,22H,10-11H2,1-3H3. The molecule has 0 amide bonds. The molecule has 0 atom stereocenters. The molecule has 25 heavy (non-hydrogen) atoms. The molecule has 0 spiro atoms. The molecule has 3 nitrogen and oxygen atoms in total. The van der Waals surface area contributed by atoms with Crippen molar-refractivity contribution in [2.75, 3.05) is 6.61 Å². The van der Waals surface area contributed by atoms with Gasteiger partial charge in [-0.1, -0.05) is 42.0 Å². The summed E-state index contributed by atoms with van der Waals surface area (Å²) in [6, 6.07) is 11.0. The van der Waals surface area contributed by atoms with Crippen molar-refractivity contribution in [3.8, 4) is 0 Å². The van der Waals surface area contributed by atoms with Crippen molar-refractivity contribution in [3.63, 3.8) is 0 Å². The van der Waals surface area contributed by atoms with E-state index in [-0.39, 0.29) is 17.1 Å². The fraction of sp³-hybridized carbons (Fsp3) is 0.238. The molecular weight excluding hydrogens is 332 g/mol. The number of allylic oxidation sites excluding steroid dienone is 1. The Morgan fingerprint density at radius 3 is 2.04 bits per heavy atom. The molecule has 3 rings (SSSR count). The normalized spacial score (nSPS) is 14.1. The number of aryl methyl sites for hydroxylation is 3. The van der Waals surface area contributed by atoms with Crippen molar-refractivity contribution in [1.29, 1.82) is 0 Å². The monoisotopic (exact) mass is 352 g/mol. The predicted molar refractivity (Wildman–Crippen MR) is 101 cm³/mol. The number of rotatable bonds is 4. The van der Waals surface area contributed by atoms with E-state index in [0.29, 0.717) is 21.8 Å². The third-order valence-electron chi connectivity index (χ3n) is 4.53. The van der Waals surface area contributed by atoms with Crippen LogP contribution in [0.25, 0.3) is 0 Å². The highest BCUT2D eigenvalue weighted by atomic mass is 32.2. The zero-order valence-electron chi connectivity index (χ0n) is 14.6. The lowest BCUT2D eigenvalue weighted by molar-refractivity contribution is 0.0969. The second-order valence-corrected chi connectivity index (χ2v) is 7.32. The van der Waals surface area contributed by atoms with Crippen LogP contribution in [0.5, 0.6) is 0 Å². The van der Waals surface area contributed by atoms with Crippen LogP contribution >= 0.6 is 11.8 Å². The molecule has 1 N–H and O–H groups in total. The van der Waals surface area contributed by atoms with Crippen molar-refractivity contribution in [2.45, 2.75) is 26.5 Å². The first-order valence-electron chi connectivity index (χ1n) is 8.16. The van der Waals surface area contributed by atoms with Gasteiger partial charge in [0.05, 0.1) is 11.5 Å². The fourth-order valence-electron chi connectivity index (χ4n) is 3.28. The number of carbonyl (C=O) groups is 2. The van der Waals surface area contributed by atoms with E-state index in [9.17, 15) is 14.7 Å². The number of aliphatic hydroxyl groups is 1. The van der Waals surface area contributed by atoms with Crippen molar-refractivity contribution in [1.82, 2.24) is 0 Å². The molecule has 128 valence electrons. The Bertz CT molecular complexity index is 886. The maximum absolute atomic E-state index is 12.8. The molecule has 2 aromatic carbocycles. The summed E-state index contributed by atoms with van der Waals surface area (Å²) in [6.45, 7) is 5.75. The summed E-state index contributed by atoms with van der Waals surface area (Å²) in [4.78, 5) is 25.8. The maximum atomic E-state index is 12.8. The number of thioether (sulfide) groups is 1. The van der Waals surface area contributed by atoms with E-state index in [2.05, 4.69) is 32.9 Å². The van der Waals surface area contributed by atoms with Crippen molar-refractivity contribution >= 4 is 23.3 Å². The molecular formula is C21H20O3S. The summed E-state index contributed by atoms with van der Waals surface area (Å²) in [7, 11) is 0. The first-order valence-corrected chi connectivity index (χ1v) is 9.14. The quantitative estimate of drug-likeness (QED) is 0.897. The molecule has 0 heterocycles. The lowest BCUT2D eigenvalue weighted by atomic mass is 9.89. The molecule has 0 saturated carbocycles. The van der Waals surface area contributed by atoms with Gasteiger partial charge in [-0.05, 0) is 37.5 Å². The van der Waals surface area contributed by atoms with Crippen LogP contribution in [0.3, 0.4) is 0 Å². The summed E-state index contributed by atoms with van der Waals surface area (Å²) in [5.41, 5.74) is 5.72. The van der Waals surface area contributed by atoms with Gasteiger partial charge in [-0.15, -0.1) is 11.8 Å². The second-order valence-electron chi connectivity index (χ2n) is 6.34.